The van der Waals surface area contributed by atoms with Gasteiger partial charge in [-0.2, -0.15) is 0 Å². The molecule has 0 aromatic rings. The van der Waals surface area contributed by atoms with Crippen LogP contribution in [0.1, 0.15) is 19.8 Å². The highest BCUT2D eigenvalue weighted by atomic mass is 32.2. The highest BCUT2D eigenvalue weighted by Crippen LogP contribution is 2.18. The summed E-state index contributed by atoms with van der Waals surface area (Å²) >= 11 is 0. The molecule has 0 unspecified atom stereocenters. The number of carbonyl (C=O) groups is 1. The van der Waals surface area contributed by atoms with Crippen LogP contribution in [0.2, 0.25) is 0 Å². The number of carbonyl (C=O) groups excluding carboxylic acids is 1. The minimum atomic E-state index is -2.99. The van der Waals surface area contributed by atoms with E-state index in [1.165, 1.54) is 0 Å². The minimum absolute atomic E-state index is 0.0512. The molecule has 0 aromatic heterocycles. The quantitative estimate of drug-likeness (QED) is 0.630. The molecule has 0 saturated carbocycles. The van der Waals surface area contributed by atoms with Gasteiger partial charge in [0.15, 0.2) is 9.84 Å². The average molecular weight is 279 g/mol. The van der Waals surface area contributed by atoms with Gasteiger partial charge in [-0.25, -0.2) is 8.42 Å². The Kier molecular flexibility index (Phi) is 6.04. The molecule has 1 aliphatic rings. The first-order chi connectivity index (χ1) is 8.50. The lowest BCUT2D eigenvalue weighted by Crippen LogP contribution is -2.42. The molecular weight excluding hydrogens is 258 g/mol. The van der Waals surface area contributed by atoms with Crippen LogP contribution in [0.5, 0.6) is 0 Å². The van der Waals surface area contributed by atoms with Gasteiger partial charge in [-0.1, -0.05) is 6.92 Å². The van der Waals surface area contributed by atoms with Crippen LogP contribution in [0.25, 0.3) is 0 Å². The molecule has 0 radical (unpaired) electrons. The van der Waals surface area contributed by atoms with Gasteiger partial charge in [0.1, 0.15) is 0 Å². The zero-order valence-electron chi connectivity index (χ0n) is 10.7. The van der Waals surface area contributed by atoms with Crippen molar-refractivity contribution in [2.45, 2.75) is 25.8 Å². The summed E-state index contributed by atoms with van der Waals surface area (Å²) < 4.78 is 28.0. The first-order valence-electron chi connectivity index (χ1n) is 6.18. The predicted octanol–water partition coefficient (Wildman–Crippen LogP) is -0.579. The summed E-state index contributed by atoms with van der Waals surface area (Å²) in [6.45, 7) is 2.64. The van der Waals surface area contributed by atoms with E-state index in [0.29, 0.717) is 26.0 Å². The third-order valence-corrected chi connectivity index (χ3v) is 4.73. The van der Waals surface area contributed by atoms with Crippen molar-refractivity contribution in [3.05, 3.63) is 0 Å². The molecular formula is C11H21NO5S. The van der Waals surface area contributed by atoms with E-state index in [4.69, 9.17) is 9.84 Å². The predicted molar refractivity (Wildman–Crippen MR) is 67.0 cm³/mol. The van der Waals surface area contributed by atoms with Gasteiger partial charge in [0.25, 0.3) is 0 Å². The number of ether oxygens (including phenoxy) is 1. The smallest absolute Gasteiger partial charge is 0.222 e. The van der Waals surface area contributed by atoms with Crippen LogP contribution in [-0.2, 0) is 19.4 Å². The topological polar surface area (TPSA) is 83.9 Å². The highest BCUT2D eigenvalue weighted by molar-refractivity contribution is 7.91. The third-order valence-electron chi connectivity index (χ3n) is 2.98. The van der Waals surface area contributed by atoms with Crippen LogP contribution in [-0.4, -0.2) is 68.2 Å². The van der Waals surface area contributed by atoms with E-state index >= 15 is 0 Å². The molecule has 6 nitrogen and oxygen atoms in total. The minimum Gasteiger partial charge on any atom is -0.394 e. The van der Waals surface area contributed by atoms with Crippen molar-refractivity contribution in [3.63, 3.8) is 0 Å². The summed E-state index contributed by atoms with van der Waals surface area (Å²) in [7, 11) is -2.99. The largest absolute Gasteiger partial charge is 0.394 e. The molecule has 1 fully saturated rings. The van der Waals surface area contributed by atoms with Gasteiger partial charge in [0.2, 0.25) is 5.91 Å². The zero-order valence-corrected chi connectivity index (χ0v) is 11.5. The fourth-order valence-corrected chi connectivity index (χ4v) is 3.80. The number of aliphatic hydroxyl groups excluding tert-OH is 1. The van der Waals surface area contributed by atoms with Crippen molar-refractivity contribution in [2.75, 3.05) is 37.9 Å². The Labute approximate surface area is 108 Å². The van der Waals surface area contributed by atoms with Crippen LogP contribution in [0.3, 0.4) is 0 Å². The molecule has 1 aliphatic heterocycles. The molecule has 1 amide bonds. The summed E-state index contributed by atoms with van der Waals surface area (Å²) in [5, 5.41) is 8.58. The monoisotopic (exact) mass is 279 g/mol. The molecule has 0 aliphatic carbocycles. The maximum absolute atomic E-state index is 11.8. The molecule has 0 spiro atoms. The van der Waals surface area contributed by atoms with Gasteiger partial charge >= 0.3 is 0 Å². The van der Waals surface area contributed by atoms with Crippen LogP contribution in [0.4, 0.5) is 0 Å². The molecule has 1 rings (SSSR count). The first kappa shape index (κ1) is 15.4. The van der Waals surface area contributed by atoms with Crippen LogP contribution < -0.4 is 0 Å². The number of amides is 1. The van der Waals surface area contributed by atoms with E-state index in [1.807, 2.05) is 0 Å². The zero-order chi connectivity index (χ0) is 13.6. The SMILES string of the molecule is CCC(=O)N(CCOCCO)[C@@H]1CCS(=O)(=O)C1. The molecule has 0 aromatic carbocycles. The number of aliphatic hydroxyl groups is 1. The maximum Gasteiger partial charge on any atom is 0.222 e. The fourth-order valence-electron chi connectivity index (χ4n) is 2.06. The molecule has 1 N–H and O–H groups in total. The van der Waals surface area contributed by atoms with Crippen LogP contribution in [0, 0.1) is 0 Å². The van der Waals surface area contributed by atoms with Crippen molar-refractivity contribution in [2.24, 2.45) is 0 Å². The molecule has 1 saturated heterocycles. The lowest BCUT2D eigenvalue weighted by atomic mass is 10.2. The number of hydrogen-bond donors (Lipinski definition) is 1. The summed E-state index contributed by atoms with van der Waals surface area (Å²) in [5.41, 5.74) is 0. The lowest BCUT2D eigenvalue weighted by molar-refractivity contribution is -0.133. The van der Waals surface area contributed by atoms with Crippen LogP contribution >= 0.6 is 0 Å². The second kappa shape index (κ2) is 7.06. The second-order valence-corrected chi connectivity index (χ2v) is 6.56. The fraction of sp³-hybridized carbons (Fsp3) is 0.909. The van der Waals surface area contributed by atoms with Crippen molar-refractivity contribution < 1.29 is 23.1 Å². The summed E-state index contributed by atoms with van der Waals surface area (Å²) in [6.07, 6.45) is 0.866. The van der Waals surface area contributed by atoms with E-state index in [1.54, 1.807) is 11.8 Å². The van der Waals surface area contributed by atoms with Gasteiger partial charge in [-0.05, 0) is 6.42 Å². The molecule has 18 heavy (non-hydrogen) atoms. The normalized spacial score (nSPS) is 22.0. The molecule has 0 bridgehead atoms. The summed E-state index contributed by atoms with van der Waals surface area (Å²) in [6, 6.07) is -0.222. The molecule has 1 heterocycles. The van der Waals surface area contributed by atoms with Crippen molar-refractivity contribution in [1.29, 1.82) is 0 Å². The van der Waals surface area contributed by atoms with E-state index in [0.717, 1.165) is 0 Å². The van der Waals surface area contributed by atoms with Gasteiger partial charge in [-0.3, -0.25) is 4.79 Å². The molecule has 106 valence electrons. The third kappa shape index (κ3) is 4.55. The van der Waals surface area contributed by atoms with Crippen LogP contribution in [0.15, 0.2) is 0 Å². The van der Waals surface area contributed by atoms with Crippen molar-refractivity contribution in [3.8, 4) is 0 Å². The van der Waals surface area contributed by atoms with Gasteiger partial charge < -0.3 is 14.7 Å². The average Bonchev–Trinajstić information content (AvgIpc) is 2.68. The Morgan fingerprint density at radius 1 is 1.44 bits per heavy atom. The van der Waals surface area contributed by atoms with Crippen molar-refractivity contribution in [1.82, 2.24) is 4.90 Å². The number of nitrogens with zero attached hydrogens (tertiary/aromatic N) is 1. The number of rotatable bonds is 7. The van der Waals surface area contributed by atoms with E-state index in [2.05, 4.69) is 0 Å². The highest BCUT2D eigenvalue weighted by Gasteiger charge is 2.33. The van der Waals surface area contributed by atoms with E-state index in [9.17, 15) is 13.2 Å². The van der Waals surface area contributed by atoms with Gasteiger partial charge in [0.05, 0.1) is 31.3 Å². The van der Waals surface area contributed by atoms with E-state index in [-0.39, 0.29) is 36.7 Å². The van der Waals surface area contributed by atoms with Gasteiger partial charge in [0, 0.05) is 19.0 Å². The Hall–Kier alpha value is -0.660. The Balaban J connectivity index is 2.53. The Morgan fingerprint density at radius 3 is 2.67 bits per heavy atom. The Morgan fingerprint density at radius 2 is 2.17 bits per heavy atom. The summed E-state index contributed by atoms with van der Waals surface area (Å²) in [4.78, 5) is 13.4. The van der Waals surface area contributed by atoms with Gasteiger partial charge in [-0.15, -0.1) is 0 Å². The number of hydrogen-bond acceptors (Lipinski definition) is 5. The maximum atomic E-state index is 11.8. The van der Waals surface area contributed by atoms with Crippen molar-refractivity contribution >= 4 is 15.7 Å². The number of sulfone groups is 1. The second-order valence-electron chi connectivity index (χ2n) is 4.33. The standard InChI is InChI=1S/C11H21NO5S/c1-2-11(14)12(4-6-17-7-5-13)10-3-8-18(15,16)9-10/h10,13H,2-9H2,1H3/t10-/m1/s1. The first-order valence-corrected chi connectivity index (χ1v) is 8.00. The lowest BCUT2D eigenvalue weighted by Gasteiger charge is -2.27. The summed E-state index contributed by atoms with van der Waals surface area (Å²) in [5.74, 6) is 0.159. The van der Waals surface area contributed by atoms with E-state index < -0.39 is 9.84 Å². The molecule has 7 heteroatoms. The Bertz CT molecular complexity index is 368. The molecule has 1 atom stereocenters.